The highest BCUT2D eigenvalue weighted by atomic mass is 35.5. The summed E-state index contributed by atoms with van der Waals surface area (Å²) >= 11 is 13.9. The molecule has 3 rings (SSSR count). The van der Waals surface area contributed by atoms with Crippen LogP contribution in [-0.4, -0.2) is 9.36 Å². The van der Waals surface area contributed by atoms with Crippen molar-refractivity contribution in [3.05, 3.63) is 57.5 Å². The Labute approximate surface area is 136 Å². The Hall–Kier alpha value is -1.62. The normalized spacial score (nSPS) is 10.6. The third-order valence-corrected chi connectivity index (χ3v) is 4.35. The molecule has 0 saturated carbocycles. The van der Waals surface area contributed by atoms with Gasteiger partial charge in [0.15, 0.2) is 5.82 Å². The van der Waals surface area contributed by atoms with Crippen molar-refractivity contribution in [2.45, 2.75) is 6.92 Å². The van der Waals surface area contributed by atoms with E-state index in [2.05, 4.69) is 14.7 Å². The van der Waals surface area contributed by atoms with Gasteiger partial charge in [0.05, 0.1) is 15.7 Å². The molecule has 1 N–H and O–H groups in total. The number of benzene rings is 2. The summed E-state index contributed by atoms with van der Waals surface area (Å²) in [5.41, 5.74) is 5.14. The van der Waals surface area contributed by atoms with Gasteiger partial charge in [0, 0.05) is 11.3 Å². The molecule has 0 fully saturated rings. The second-order valence-corrected chi connectivity index (χ2v) is 5.87. The van der Waals surface area contributed by atoms with Crippen LogP contribution in [0, 0.1) is 6.92 Å². The molecule has 0 spiro atoms. The van der Waals surface area contributed by atoms with E-state index in [4.69, 9.17) is 23.2 Å². The number of nitrogens with one attached hydrogen (secondary N) is 1. The molecule has 106 valence electrons. The quantitative estimate of drug-likeness (QED) is 0.680. The largest absolute Gasteiger partial charge is 0.352 e. The van der Waals surface area contributed by atoms with Crippen molar-refractivity contribution in [1.82, 2.24) is 9.36 Å². The van der Waals surface area contributed by atoms with Crippen molar-refractivity contribution in [1.29, 1.82) is 0 Å². The van der Waals surface area contributed by atoms with Crippen LogP contribution in [0.25, 0.3) is 11.4 Å². The summed E-state index contributed by atoms with van der Waals surface area (Å²) in [7, 11) is 0. The summed E-state index contributed by atoms with van der Waals surface area (Å²) in [6, 6.07) is 11.5. The Morgan fingerprint density at radius 3 is 2.67 bits per heavy atom. The van der Waals surface area contributed by atoms with Gasteiger partial charge in [-0.1, -0.05) is 41.4 Å². The molecular weight excluding hydrogens is 325 g/mol. The number of aromatic nitrogens is 2. The predicted octanol–water partition coefficient (Wildman–Crippen LogP) is 5.56. The van der Waals surface area contributed by atoms with Crippen molar-refractivity contribution < 1.29 is 0 Å². The third kappa shape index (κ3) is 2.88. The SMILES string of the molecule is Cc1ccc(Cl)c(Nc2ccccc2-c2ncsn2)c1Cl. The highest BCUT2D eigenvalue weighted by molar-refractivity contribution is 7.03. The summed E-state index contributed by atoms with van der Waals surface area (Å²) < 4.78 is 4.28. The molecule has 2 aromatic carbocycles. The molecule has 0 radical (unpaired) electrons. The molecule has 6 heteroatoms. The predicted molar refractivity (Wildman–Crippen MR) is 89.8 cm³/mol. The molecule has 0 aliphatic rings. The van der Waals surface area contributed by atoms with Crippen LogP contribution in [-0.2, 0) is 0 Å². The highest BCUT2D eigenvalue weighted by Gasteiger charge is 2.12. The minimum Gasteiger partial charge on any atom is -0.352 e. The van der Waals surface area contributed by atoms with Crippen LogP contribution in [0.4, 0.5) is 11.4 Å². The lowest BCUT2D eigenvalue weighted by atomic mass is 10.1. The van der Waals surface area contributed by atoms with E-state index in [1.165, 1.54) is 11.5 Å². The van der Waals surface area contributed by atoms with Gasteiger partial charge in [0.1, 0.15) is 5.51 Å². The number of aryl methyl sites for hydroxylation is 1. The van der Waals surface area contributed by atoms with Crippen molar-refractivity contribution in [2.24, 2.45) is 0 Å². The zero-order chi connectivity index (χ0) is 14.8. The maximum absolute atomic E-state index is 6.35. The van der Waals surface area contributed by atoms with Crippen molar-refractivity contribution in [3.8, 4) is 11.4 Å². The zero-order valence-electron chi connectivity index (χ0n) is 11.1. The number of anilines is 2. The fraction of sp³-hybridized carbons (Fsp3) is 0.0667. The fourth-order valence-corrected chi connectivity index (χ4v) is 2.89. The van der Waals surface area contributed by atoms with Crippen molar-refractivity contribution in [2.75, 3.05) is 5.32 Å². The Kier molecular flexibility index (Phi) is 4.10. The van der Waals surface area contributed by atoms with Gasteiger partial charge in [-0.15, -0.1) is 0 Å². The summed E-state index contributed by atoms with van der Waals surface area (Å²) in [5.74, 6) is 0.683. The second-order valence-electron chi connectivity index (χ2n) is 4.48. The molecular formula is C15H11Cl2N3S. The summed E-state index contributed by atoms with van der Waals surface area (Å²) in [5, 5.41) is 4.49. The van der Waals surface area contributed by atoms with E-state index in [9.17, 15) is 0 Å². The first-order valence-electron chi connectivity index (χ1n) is 6.24. The zero-order valence-corrected chi connectivity index (χ0v) is 13.4. The summed E-state index contributed by atoms with van der Waals surface area (Å²) in [4.78, 5) is 4.25. The summed E-state index contributed by atoms with van der Waals surface area (Å²) in [6.45, 7) is 1.94. The minimum atomic E-state index is 0.576. The molecule has 0 saturated heterocycles. The average molecular weight is 336 g/mol. The molecule has 0 amide bonds. The fourth-order valence-electron chi connectivity index (χ4n) is 1.98. The van der Waals surface area contributed by atoms with Crippen LogP contribution < -0.4 is 5.32 Å². The molecule has 3 aromatic rings. The Morgan fingerprint density at radius 1 is 1.10 bits per heavy atom. The molecule has 0 bridgehead atoms. The Balaban J connectivity index is 2.06. The van der Waals surface area contributed by atoms with Crippen molar-refractivity contribution in [3.63, 3.8) is 0 Å². The van der Waals surface area contributed by atoms with Gasteiger partial charge in [-0.25, -0.2) is 4.98 Å². The standard InChI is InChI=1S/C15H11Cl2N3S/c1-9-6-7-11(16)14(13(9)17)19-12-5-3-2-4-10(12)15-18-8-21-20-15/h2-8,19H,1H3. The lowest BCUT2D eigenvalue weighted by Crippen LogP contribution is -1.96. The number of hydrogen-bond donors (Lipinski definition) is 1. The molecule has 0 aliphatic carbocycles. The van der Waals surface area contributed by atoms with Crippen molar-refractivity contribution >= 4 is 46.1 Å². The van der Waals surface area contributed by atoms with Crippen LogP contribution in [0.2, 0.25) is 10.0 Å². The van der Waals surface area contributed by atoms with E-state index in [1.54, 1.807) is 5.51 Å². The first-order valence-corrected chi connectivity index (χ1v) is 7.83. The van der Waals surface area contributed by atoms with E-state index in [0.29, 0.717) is 21.6 Å². The summed E-state index contributed by atoms with van der Waals surface area (Å²) in [6.07, 6.45) is 0. The number of nitrogens with zero attached hydrogens (tertiary/aromatic N) is 2. The molecule has 21 heavy (non-hydrogen) atoms. The molecule has 1 heterocycles. The smallest absolute Gasteiger partial charge is 0.174 e. The third-order valence-electron chi connectivity index (χ3n) is 3.07. The molecule has 3 nitrogen and oxygen atoms in total. The maximum Gasteiger partial charge on any atom is 0.174 e. The Morgan fingerprint density at radius 2 is 1.90 bits per heavy atom. The van der Waals surface area contributed by atoms with Gasteiger partial charge < -0.3 is 5.32 Å². The van der Waals surface area contributed by atoms with Gasteiger partial charge in [-0.2, -0.15) is 4.37 Å². The maximum atomic E-state index is 6.35. The minimum absolute atomic E-state index is 0.576. The van der Waals surface area contributed by atoms with Gasteiger partial charge in [-0.3, -0.25) is 0 Å². The number of rotatable bonds is 3. The van der Waals surface area contributed by atoms with Crippen LogP contribution in [0.1, 0.15) is 5.56 Å². The lowest BCUT2D eigenvalue weighted by Gasteiger charge is -2.14. The molecule has 0 unspecified atom stereocenters. The van der Waals surface area contributed by atoms with Gasteiger partial charge in [0.2, 0.25) is 0 Å². The monoisotopic (exact) mass is 335 g/mol. The first-order chi connectivity index (χ1) is 10.2. The first kappa shape index (κ1) is 14.3. The van der Waals surface area contributed by atoms with Gasteiger partial charge in [-0.05, 0) is 42.2 Å². The average Bonchev–Trinajstić information content (AvgIpc) is 3.02. The highest BCUT2D eigenvalue weighted by Crippen LogP contribution is 2.37. The van der Waals surface area contributed by atoms with E-state index < -0.39 is 0 Å². The Bertz CT molecular complexity index is 773. The number of para-hydroxylation sites is 1. The van der Waals surface area contributed by atoms with Crippen LogP contribution in [0.15, 0.2) is 41.9 Å². The van der Waals surface area contributed by atoms with E-state index >= 15 is 0 Å². The number of hydrogen-bond acceptors (Lipinski definition) is 4. The topological polar surface area (TPSA) is 37.8 Å². The molecule has 0 aliphatic heterocycles. The molecule has 0 atom stereocenters. The van der Waals surface area contributed by atoms with Gasteiger partial charge in [0.25, 0.3) is 0 Å². The second kappa shape index (κ2) is 6.02. The van der Waals surface area contributed by atoms with E-state index in [-0.39, 0.29) is 0 Å². The van der Waals surface area contributed by atoms with Crippen LogP contribution in [0.3, 0.4) is 0 Å². The van der Waals surface area contributed by atoms with Gasteiger partial charge >= 0.3 is 0 Å². The van der Waals surface area contributed by atoms with E-state index in [0.717, 1.165) is 16.8 Å². The lowest BCUT2D eigenvalue weighted by molar-refractivity contribution is 1.32. The molecule has 1 aromatic heterocycles. The number of halogens is 2. The van der Waals surface area contributed by atoms with E-state index in [1.807, 2.05) is 43.3 Å². The van der Waals surface area contributed by atoms with Crippen LogP contribution in [0.5, 0.6) is 0 Å². The van der Waals surface area contributed by atoms with Crippen LogP contribution >= 0.6 is 34.7 Å².